The van der Waals surface area contributed by atoms with Gasteiger partial charge in [-0.15, -0.1) is 0 Å². The molecule has 3 N–H and O–H groups in total. The average molecular weight is 420 g/mol. The summed E-state index contributed by atoms with van der Waals surface area (Å²) in [6.07, 6.45) is 3.23. The van der Waals surface area contributed by atoms with Gasteiger partial charge in [0.2, 0.25) is 5.91 Å². The fourth-order valence-corrected chi connectivity index (χ4v) is 2.54. The number of pyridine rings is 1. The highest BCUT2D eigenvalue weighted by molar-refractivity contribution is 9.10. The maximum absolute atomic E-state index is 11.6. The molecule has 0 aliphatic carbocycles. The summed E-state index contributed by atoms with van der Waals surface area (Å²) in [5, 5.41) is 3.66. The van der Waals surface area contributed by atoms with Crippen molar-refractivity contribution in [2.24, 2.45) is 5.73 Å². The Morgan fingerprint density at radius 3 is 2.65 bits per heavy atom. The monoisotopic (exact) mass is 417 g/mol. The van der Waals surface area contributed by atoms with Crippen molar-refractivity contribution >= 4 is 55.1 Å². The Bertz CT molecular complexity index is 651. The van der Waals surface area contributed by atoms with Crippen molar-refractivity contribution in [1.82, 2.24) is 4.98 Å². The van der Waals surface area contributed by atoms with Crippen LogP contribution in [-0.4, -0.2) is 10.9 Å². The van der Waals surface area contributed by atoms with Crippen molar-refractivity contribution in [2.45, 2.75) is 6.04 Å². The molecular formula is C13H10Br2ClN3O. The first-order valence-corrected chi connectivity index (χ1v) is 7.55. The number of anilines is 1. The number of aromatic nitrogens is 1. The Kier molecular flexibility index (Phi) is 5.01. The van der Waals surface area contributed by atoms with E-state index >= 15 is 0 Å². The second-order valence-electron chi connectivity index (χ2n) is 4.05. The predicted octanol–water partition coefficient (Wildman–Crippen LogP) is 3.90. The number of amides is 1. The Morgan fingerprint density at radius 1 is 1.30 bits per heavy atom. The third-order valence-corrected chi connectivity index (χ3v) is 4.22. The number of carbonyl (C=O) groups excluding carboxylic acids is 1. The molecular weight excluding hydrogens is 409 g/mol. The average Bonchev–Trinajstić information content (AvgIpc) is 2.39. The number of hydrogen-bond donors (Lipinski definition) is 2. The van der Waals surface area contributed by atoms with Crippen molar-refractivity contribution in [3.05, 3.63) is 56.2 Å². The third-order valence-electron chi connectivity index (χ3n) is 2.57. The number of hydrogen-bond acceptors (Lipinski definition) is 3. The molecule has 0 saturated heterocycles. The van der Waals surface area contributed by atoms with E-state index in [0.29, 0.717) is 10.6 Å². The first kappa shape index (κ1) is 15.3. The number of primary amides is 1. The fraction of sp³-hybridized carbons (Fsp3) is 0.0769. The number of nitrogens with one attached hydrogen (secondary N) is 1. The number of nitrogens with zero attached hydrogens (tertiary/aromatic N) is 1. The number of benzene rings is 1. The van der Waals surface area contributed by atoms with Crippen molar-refractivity contribution in [3.63, 3.8) is 0 Å². The number of nitrogens with two attached hydrogens (primary N) is 1. The van der Waals surface area contributed by atoms with Crippen LogP contribution in [0.5, 0.6) is 0 Å². The maximum atomic E-state index is 11.6. The SMILES string of the molecule is NC(=O)C(Nc1ccc(Cl)c(Br)c1)c1cncc(Br)c1. The van der Waals surface area contributed by atoms with Crippen LogP contribution in [-0.2, 0) is 4.79 Å². The molecule has 0 radical (unpaired) electrons. The van der Waals surface area contributed by atoms with Gasteiger partial charge in [0.05, 0.1) is 5.02 Å². The minimum Gasteiger partial charge on any atom is -0.370 e. The van der Waals surface area contributed by atoms with Gasteiger partial charge in [-0.2, -0.15) is 0 Å². The van der Waals surface area contributed by atoms with Crippen LogP contribution in [0.3, 0.4) is 0 Å². The maximum Gasteiger partial charge on any atom is 0.244 e. The predicted molar refractivity (Wildman–Crippen MR) is 86.6 cm³/mol. The highest BCUT2D eigenvalue weighted by atomic mass is 79.9. The van der Waals surface area contributed by atoms with Gasteiger partial charge >= 0.3 is 0 Å². The van der Waals surface area contributed by atoms with E-state index in [2.05, 4.69) is 42.2 Å². The summed E-state index contributed by atoms with van der Waals surface area (Å²) in [5.74, 6) is -0.490. The smallest absolute Gasteiger partial charge is 0.244 e. The molecule has 1 amide bonds. The highest BCUT2D eigenvalue weighted by Gasteiger charge is 2.18. The molecule has 1 heterocycles. The van der Waals surface area contributed by atoms with E-state index in [1.807, 2.05) is 0 Å². The first-order valence-electron chi connectivity index (χ1n) is 5.58. The normalized spacial score (nSPS) is 11.9. The highest BCUT2D eigenvalue weighted by Crippen LogP contribution is 2.28. The molecule has 1 atom stereocenters. The summed E-state index contributed by atoms with van der Waals surface area (Å²) in [5.41, 5.74) is 6.86. The molecule has 0 aliphatic rings. The second kappa shape index (κ2) is 6.56. The van der Waals surface area contributed by atoms with Gasteiger partial charge in [-0.05, 0) is 56.1 Å². The molecule has 1 aromatic heterocycles. The molecule has 1 aromatic carbocycles. The Morgan fingerprint density at radius 2 is 2.05 bits per heavy atom. The molecule has 0 bridgehead atoms. The van der Waals surface area contributed by atoms with Gasteiger partial charge in [0.1, 0.15) is 6.04 Å². The lowest BCUT2D eigenvalue weighted by atomic mass is 10.1. The van der Waals surface area contributed by atoms with Gasteiger partial charge < -0.3 is 11.1 Å². The van der Waals surface area contributed by atoms with Crippen molar-refractivity contribution in [3.8, 4) is 0 Å². The van der Waals surface area contributed by atoms with Crippen molar-refractivity contribution < 1.29 is 4.79 Å². The first-order chi connectivity index (χ1) is 9.47. The van der Waals surface area contributed by atoms with E-state index in [9.17, 15) is 4.79 Å². The lowest BCUT2D eigenvalue weighted by Crippen LogP contribution is -2.27. The quantitative estimate of drug-likeness (QED) is 0.790. The number of halogens is 3. The van der Waals surface area contributed by atoms with Crippen LogP contribution < -0.4 is 11.1 Å². The molecule has 104 valence electrons. The van der Waals surface area contributed by atoms with Crippen LogP contribution in [0.25, 0.3) is 0 Å². The van der Waals surface area contributed by atoms with E-state index in [1.165, 1.54) is 0 Å². The molecule has 0 saturated carbocycles. The molecule has 20 heavy (non-hydrogen) atoms. The van der Waals surface area contributed by atoms with Crippen LogP contribution in [0.2, 0.25) is 5.02 Å². The lowest BCUT2D eigenvalue weighted by molar-refractivity contribution is -0.118. The van der Waals surface area contributed by atoms with Gasteiger partial charge in [-0.3, -0.25) is 9.78 Å². The van der Waals surface area contributed by atoms with Gasteiger partial charge in [0, 0.05) is 32.6 Å². The van der Waals surface area contributed by atoms with Crippen molar-refractivity contribution in [1.29, 1.82) is 0 Å². The van der Waals surface area contributed by atoms with Crippen LogP contribution in [0.15, 0.2) is 45.6 Å². The third kappa shape index (κ3) is 3.71. The summed E-state index contributed by atoms with van der Waals surface area (Å²) >= 11 is 12.6. The van der Waals surface area contributed by atoms with Gasteiger partial charge in [-0.25, -0.2) is 0 Å². The van der Waals surface area contributed by atoms with Gasteiger partial charge in [0.15, 0.2) is 0 Å². The van der Waals surface area contributed by atoms with Crippen LogP contribution in [0, 0.1) is 0 Å². The zero-order valence-corrected chi connectivity index (χ0v) is 14.0. The van der Waals surface area contributed by atoms with Gasteiger partial charge in [0.25, 0.3) is 0 Å². The summed E-state index contributed by atoms with van der Waals surface area (Å²) in [4.78, 5) is 15.7. The Hall–Kier alpha value is -1.11. The fourth-order valence-electron chi connectivity index (χ4n) is 1.66. The van der Waals surface area contributed by atoms with Crippen LogP contribution >= 0.6 is 43.5 Å². The molecule has 4 nitrogen and oxygen atoms in total. The number of rotatable bonds is 4. The lowest BCUT2D eigenvalue weighted by Gasteiger charge is -2.17. The summed E-state index contributed by atoms with van der Waals surface area (Å²) in [6.45, 7) is 0. The van der Waals surface area contributed by atoms with E-state index in [1.54, 1.807) is 36.7 Å². The topological polar surface area (TPSA) is 68.0 Å². The largest absolute Gasteiger partial charge is 0.370 e. The molecule has 7 heteroatoms. The minimum atomic E-state index is -0.673. The van der Waals surface area contributed by atoms with Crippen LogP contribution in [0.4, 0.5) is 5.69 Å². The molecule has 0 spiro atoms. The standard InChI is InChI=1S/C13H10Br2ClN3O/c14-8-3-7(5-18-6-8)12(13(17)20)19-9-1-2-11(16)10(15)4-9/h1-6,12,19H,(H2,17,20). The van der Waals surface area contributed by atoms with E-state index in [0.717, 1.165) is 14.6 Å². The molecule has 1 unspecified atom stereocenters. The zero-order valence-electron chi connectivity index (χ0n) is 10.1. The number of carbonyl (C=O) groups is 1. The summed E-state index contributed by atoms with van der Waals surface area (Å²) in [6, 6.07) is 6.40. The van der Waals surface area contributed by atoms with Gasteiger partial charge in [-0.1, -0.05) is 11.6 Å². The van der Waals surface area contributed by atoms with E-state index in [-0.39, 0.29) is 0 Å². The summed E-state index contributed by atoms with van der Waals surface area (Å²) in [7, 11) is 0. The summed E-state index contributed by atoms with van der Waals surface area (Å²) < 4.78 is 1.51. The van der Waals surface area contributed by atoms with Crippen LogP contribution in [0.1, 0.15) is 11.6 Å². The van der Waals surface area contributed by atoms with E-state index in [4.69, 9.17) is 17.3 Å². The zero-order chi connectivity index (χ0) is 14.7. The molecule has 2 rings (SSSR count). The molecule has 2 aromatic rings. The Balaban J connectivity index is 2.30. The second-order valence-corrected chi connectivity index (χ2v) is 6.22. The minimum absolute atomic E-state index is 0.490. The molecule has 0 fully saturated rings. The van der Waals surface area contributed by atoms with E-state index < -0.39 is 11.9 Å². The Labute approximate surface area is 138 Å². The van der Waals surface area contributed by atoms with Crippen molar-refractivity contribution in [2.75, 3.05) is 5.32 Å². The molecule has 0 aliphatic heterocycles.